The number of nitrogens with one attached hydrogen (secondary N) is 2. The van der Waals surface area contributed by atoms with Crippen molar-refractivity contribution in [3.05, 3.63) is 29.3 Å². The zero-order valence-corrected chi connectivity index (χ0v) is 16.6. The van der Waals surface area contributed by atoms with Crippen LogP contribution in [-0.4, -0.2) is 51.7 Å². The van der Waals surface area contributed by atoms with E-state index in [0.29, 0.717) is 6.54 Å². The highest BCUT2D eigenvalue weighted by Crippen LogP contribution is 2.19. The van der Waals surface area contributed by atoms with Gasteiger partial charge >= 0.3 is 0 Å². The summed E-state index contributed by atoms with van der Waals surface area (Å²) < 4.78 is 5.41. The number of halogens is 1. The van der Waals surface area contributed by atoms with E-state index in [1.165, 1.54) is 5.56 Å². The lowest BCUT2D eigenvalue weighted by atomic mass is 10.1. The van der Waals surface area contributed by atoms with Crippen LogP contribution >= 0.6 is 24.0 Å². The highest BCUT2D eigenvalue weighted by atomic mass is 127. The molecule has 0 unspecified atom stereocenters. The van der Waals surface area contributed by atoms with Crippen molar-refractivity contribution in [3.8, 4) is 5.75 Å². The zero-order chi connectivity index (χ0) is 15.7. The fraction of sp³-hybridized carbons (Fsp3) is 0.562. The third-order valence-electron chi connectivity index (χ3n) is 3.44. The maximum Gasteiger partial charge on any atom is 0.191 e. The van der Waals surface area contributed by atoms with Crippen molar-refractivity contribution in [2.45, 2.75) is 20.4 Å². The molecule has 0 radical (unpaired) electrons. The molecule has 0 fully saturated rings. The van der Waals surface area contributed by atoms with Crippen molar-refractivity contribution in [2.24, 2.45) is 4.99 Å². The molecule has 0 heterocycles. The van der Waals surface area contributed by atoms with E-state index in [2.05, 4.69) is 53.6 Å². The molecule has 0 aliphatic heterocycles. The third kappa shape index (κ3) is 7.31. The summed E-state index contributed by atoms with van der Waals surface area (Å²) in [6, 6.07) is 6.22. The molecule has 1 aromatic rings. The minimum Gasteiger partial charge on any atom is -0.496 e. The summed E-state index contributed by atoms with van der Waals surface area (Å²) in [6.07, 6.45) is 0. The van der Waals surface area contributed by atoms with Gasteiger partial charge in [0.2, 0.25) is 0 Å². The van der Waals surface area contributed by atoms with Crippen molar-refractivity contribution in [1.82, 2.24) is 15.5 Å². The summed E-state index contributed by atoms with van der Waals surface area (Å²) in [5.74, 6) is 1.71. The van der Waals surface area contributed by atoms with E-state index in [1.807, 2.05) is 6.07 Å². The van der Waals surface area contributed by atoms with Gasteiger partial charge in [-0.1, -0.05) is 19.1 Å². The van der Waals surface area contributed by atoms with Crippen LogP contribution in [-0.2, 0) is 6.54 Å². The van der Waals surface area contributed by atoms with Crippen LogP contribution in [0.25, 0.3) is 0 Å². The number of ether oxygens (including phenoxy) is 1. The molecule has 0 saturated carbocycles. The van der Waals surface area contributed by atoms with E-state index in [1.54, 1.807) is 14.2 Å². The number of methoxy groups -OCH3 is 1. The van der Waals surface area contributed by atoms with Crippen LogP contribution in [0.15, 0.2) is 23.2 Å². The Morgan fingerprint density at radius 2 is 2.05 bits per heavy atom. The number of benzene rings is 1. The lowest BCUT2D eigenvalue weighted by Gasteiger charge is -2.17. The number of rotatable bonds is 7. The predicted molar refractivity (Wildman–Crippen MR) is 105 cm³/mol. The second-order valence-corrected chi connectivity index (χ2v) is 5.06. The average molecular weight is 420 g/mol. The van der Waals surface area contributed by atoms with Crippen molar-refractivity contribution in [1.29, 1.82) is 0 Å². The summed E-state index contributed by atoms with van der Waals surface area (Å²) in [6.45, 7) is 7.81. The van der Waals surface area contributed by atoms with Crippen LogP contribution in [0, 0.1) is 6.92 Å². The largest absolute Gasteiger partial charge is 0.496 e. The molecule has 0 spiro atoms. The Morgan fingerprint density at radius 3 is 2.64 bits per heavy atom. The van der Waals surface area contributed by atoms with Gasteiger partial charge in [0.25, 0.3) is 0 Å². The van der Waals surface area contributed by atoms with E-state index in [-0.39, 0.29) is 24.0 Å². The Labute approximate surface area is 151 Å². The maximum atomic E-state index is 5.41. The molecular weight excluding hydrogens is 391 g/mol. The molecule has 0 saturated heterocycles. The van der Waals surface area contributed by atoms with E-state index in [4.69, 9.17) is 4.74 Å². The Hall–Kier alpha value is -1.02. The Kier molecular flexibility index (Phi) is 11.0. The summed E-state index contributed by atoms with van der Waals surface area (Å²) in [4.78, 5) is 6.49. The number of hydrogen-bond donors (Lipinski definition) is 2. The number of guanidine groups is 1. The van der Waals surface area contributed by atoms with E-state index in [9.17, 15) is 0 Å². The maximum absolute atomic E-state index is 5.41. The molecular formula is C16H29IN4O. The quantitative estimate of drug-likeness (QED) is 0.404. The van der Waals surface area contributed by atoms with Crippen LogP contribution in [0.4, 0.5) is 0 Å². The van der Waals surface area contributed by atoms with E-state index in [0.717, 1.165) is 36.9 Å². The molecule has 1 aromatic carbocycles. The molecule has 5 nitrogen and oxygen atoms in total. The summed E-state index contributed by atoms with van der Waals surface area (Å²) in [5.41, 5.74) is 2.32. The molecule has 0 aliphatic carbocycles. The molecule has 0 aromatic heterocycles. The van der Waals surface area contributed by atoms with Gasteiger partial charge in [-0.2, -0.15) is 0 Å². The van der Waals surface area contributed by atoms with E-state index >= 15 is 0 Å². The third-order valence-corrected chi connectivity index (χ3v) is 3.44. The second kappa shape index (κ2) is 11.5. The minimum atomic E-state index is 0. The van der Waals surface area contributed by atoms with Gasteiger partial charge in [-0.05, 0) is 32.1 Å². The molecule has 1 rings (SSSR count). The smallest absolute Gasteiger partial charge is 0.191 e. The monoisotopic (exact) mass is 420 g/mol. The lowest BCUT2D eigenvalue weighted by molar-refractivity contribution is 0.357. The number of aryl methyl sites for hydroxylation is 1. The molecule has 0 amide bonds. The van der Waals surface area contributed by atoms with Crippen LogP contribution in [0.5, 0.6) is 5.75 Å². The standard InChI is InChI=1S/C16H28N4O.HI/c1-6-20(4)10-9-18-16(17-3)19-12-14-8-7-13(2)11-15(14)21-5;/h7-8,11H,6,9-10,12H2,1-5H3,(H2,17,18,19);1H. The highest BCUT2D eigenvalue weighted by molar-refractivity contribution is 14.0. The molecule has 126 valence electrons. The normalized spacial score (nSPS) is 11.1. The summed E-state index contributed by atoms with van der Waals surface area (Å²) >= 11 is 0. The van der Waals surface area contributed by atoms with Gasteiger partial charge in [0, 0.05) is 32.2 Å². The number of nitrogens with zero attached hydrogens (tertiary/aromatic N) is 2. The van der Waals surface area contributed by atoms with Crippen molar-refractivity contribution >= 4 is 29.9 Å². The van der Waals surface area contributed by atoms with Crippen LogP contribution < -0.4 is 15.4 Å². The fourth-order valence-electron chi connectivity index (χ4n) is 1.92. The zero-order valence-electron chi connectivity index (χ0n) is 14.3. The topological polar surface area (TPSA) is 48.9 Å². The first kappa shape index (κ1) is 21.0. The first-order chi connectivity index (χ1) is 10.1. The minimum absolute atomic E-state index is 0. The molecule has 22 heavy (non-hydrogen) atoms. The van der Waals surface area contributed by atoms with Gasteiger partial charge in [0.05, 0.1) is 7.11 Å². The van der Waals surface area contributed by atoms with Crippen LogP contribution in [0.2, 0.25) is 0 Å². The number of likely N-dealkylation sites (N-methyl/N-ethyl adjacent to an activating group) is 1. The average Bonchev–Trinajstić information content (AvgIpc) is 2.51. The molecule has 0 atom stereocenters. The van der Waals surface area contributed by atoms with Crippen LogP contribution in [0.3, 0.4) is 0 Å². The molecule has 2 N–H and O–H groups in total. The fourth-order valence-corrected chi connectivity index (χ4v) is 1.92. The first-order valence-electron chi connectivity index (χ1n) is 7.37. The number of aliphatic imine (C=N–C) groups is 1. The summed E-state index contributed by atoms with van der Waals surface area (Å²) in [5, 5.41) is 6.62. The molecule has 6 heteroatoms. The second-order valence-electron chi connectivity index (χ2n) is 5.06. The highest BCUT2D eigenvalue weighted by Gasteiger charge is 2.04. The van der Waals surface area contributed by atoms with Gasteiger partial charge in [-0.25, -0.2) is 0 Å². The Bertz CT molecular complexity index is 465. The van der Waals surface area contributed by atoms with Crippen molar-refractivity contribution in [3.63, 3.8) is 0 Å². The van der Waals surface area contributed by atoms with Crippen molar-refractivity contribution in [2.75, 3.05) is 40.8 Å². The Morgan fingerprint density at radius 1 is 1.32 bits per heavy atom. The van der Waals surface area contributed by atoms with Gasteiger partial charge in [-0.3, -0.25) is 4.99 Å². The van der Waals surface area contributed by atoms with Crippen molar-refractivity contribution < 1.29 is 4.74 Å². The van der Waals surface area contributed by atoms with Crippen LogP contribution in [0.1, 0.15) is 18.1 Å². The first-order valence-corrected chi connectivity index (χ1v) is 7.37. The Balaban J connectivity index is 0.00000441. The van der Waals surface area contributed by atoms with Gasteiger partial charge in [0.1, 0.15) is 5.75 Å². The predicted octanol–water partition coefficient (Wildman–Crippen LogP) is 2.24. The lowest BCUT2D eigenvalue weighted by Crippen LogP contribution is -2.40. The molecule has 0 aliphatic rings. The summed E-state index contributed by atoms with van der Waals surface area (Å²) in [7, 11) is 5.59. The van der Waals surface area contributed by atoms with E-state index < -0.39 is 0 Å². The number of hydrogen-bond acceptors (Lipinski definition) is 3. The van der Waals surface area contributed by atoms with Gasteiger partial charge in [-0.15, -0.1) is 24.0 Å². The SMILES string of the molecule is CCN(C)CCNC(=NC)NCc1ccc(C)cc1OC.I. The van der Waals surface area contributed by atoms with Gasteiger partial charge in [0.15, 0.2) is 5.96 Å². The van der Waals surface area contributed by atoms with Gasteiger partial charge < -0.3 is 20.3 Å². The molecule has 0 bridgehead atoms.